The summed E-state index contributed by atoms with van der Waals surface area (Å²) in [5.74, 6) is 1.62. The van der Waals surface area contributed by atoms with E-state index in [9.17, 15) is 0 Å². The standard InChI is InChI=1S/C22H44N4O2.HI/c1-5-23-21(24-15-20-17-26(12-14-28-20)16-19(3)4)25-18-22(9-7-8-10-22)11-13-27-6-2;/h19-20H,5-18H2,1-4H3,(H2,23,24,25);1H. The number of hydrogen-bond donors (Lipinski definition) is 2. The summed E-state index contributed by atoms with van der Waals surface area (Å²) >= 11 is 0. The van der Waals surface area contributed by atoms with E-state index in [2.05, 4.69) is 43.2 Å². The number of guanidine groups is 1. The second-order valence-corrected chi connectivity index (χ2v) is 8.88. The molecule has 7 heteroatoms. The normalized spacial score (nSPS) is 22.5. The van der Waals surface area contributed by atoms with E-state index in [1.165, 1.54) is 25.7 Å². The Morgan fingerprint density at radius 3 is 2.66 bits per heavy atom. The van der Waals surface area contributed by atoms with Crippen molar-refractivity contribution >= 4 is 29.9 Å². The Morgan fingerprint density at radius 1 is 1.24 bits per heavy atom. The highest BCUT2D eigenvalue weighted by atomic mass is 127. The molecule has 1 aliphatic heterocycles. The zero-order chi connectivity index (χ0) is 20.2. The Morgan fingerprint density at radius 2 is 2.00 bits per heavy atom. The van der Waals surface area contributed by atoms with E-state index in [4.69, 9.17) is 14.5 Å². The Balaban J connectivity index is 0.00000420. The predicted molar refractivity (Wildman–Crippen MR) is 132 cm³/mol. The van der Waals surface area contributed by atoms with Gasteiger partial charge in [-0.15, -0.1) is 24.0 Å². The fourth-order valence-electron chi connectivity index (χ4n) is 4.43. The maximum atomic E-state index is 5.98. The number of nitrogens with zero attached hydrogens (tertiary/aromatic N) is 2. The third-order valence-corrected chi connectivity index (χ3v) is 5.91. The molecule has 1 heterocycles. The largest absolute Gasteiger partial charge is 0.382 e. The molecule has 2 rings (SSSR count). The molecule has 0 amide bonds. The fourth-order valence-corrected chi connectivity index (χ4v) is 4.43. The number of halogens is 1. The molecule has 2 fully saturated rings. The van der Waals surface area contributed by atoms with Crippen LogP contribution in [0.5, 0.6) is 0 Å². The topological polar surface area (TPSA) is 58.1 Å². The first kappa shape index (κ1) is 26.9. The molecule has 29 heavy (non-hydrogen) atoms. The highest BCUT2D eigenvalue weighted by Gasteiger charge is 2.33. The lowest BCUT2D eigenvalue weighted by atomic mass is 9.83. The van der Waals surface area contributed by atoms with Crippen LogP contribution in [-0.2, 0) is 9.47 Å². The maximum Gasteiger partial charge on any atom is 0.191 e. The Bertz CT molecular complexity index is 456. The van der Waals surface area contributed by atoms with Gasteiger partial charge in [0.25, 0.3) is 0 Å². The van der Waals surface area contributed by atoms with Crippen molar-refractivity contribution in [3.05, 3.63) is 0 Å². The second kappa shape index (κ2) is 14.8. The zero-order valence-corrected chi connectivity index (χ0v) is 21.5. The van der Waals surface area contributed by atoms with Crippen LogP contribution in [0.15, 0.2) is 4.99 Å². The average molecular weight is 525 g/mol. The molecule has 2 N–H and O–H groups in total. The van der Waals surface area contributed by atoms with E-state index in [-0.39, 0.29) is 30.1 Å². The highest BCUT2D eigenvalue weighted by molar-refractivity contribution is 14.0. The van der Waals surface area contributed by atoms with Gasteiger partial charge in [-0.05, 0) is 44.4 Å². The molecule has 1 saturated heterocycles. The zero-order valence-electron chi connectivity index (χ0n) is 19.2. The number of hydrogen-bond acceptors (Lipinski definition) is 4. The molecule has 0 aromatic heterocycles. The molecular weight excluding hydrogens is 479 g/mol. The molecule has 172 valence electrons. The molecule has 0 bridgehead atoms. The number of ether oxygens (including phenoxy) is 2. The smallest absolute Gasteiger partial charge is 0.191 e. The van der Waals surface area contributed by atoms with E-state index >= 15 is 0 Å². The summed E-state index contributed by atoms with van der Waals surface area (Å²) in [6.45, 7) is 17.0. The minimum Gasteiger partial charge on any atom is -0.382 e. The fraction of sp³-hybridized carbons (Fsp3) is 0.955. The number of nitrogens with one attached hydrogen (secondary N) is 2. The number of morpholine rings is 1. The van der Waals surface area contributed by atoms with E-state index in [0.717, 1.165) is 71.5 Å². The van der Waals surface area contributed by atoms with Gasteiger partial charge in [0.1, 0.15) is 0 Å². The second-order valence-electron chi connectivity index (χ2n) is 8.88. The Hall–Kier alpha value is -0.120. The molecule has 1 saturated carbocycles. The van der Waals surface area contributed by atoms with Crippen molar-refractivity contribution in [3.63, 3.8) is 0 Å². The molecule has 0 aromatic rings. The van der Waals surface area contributed by atoms with Crippen LogP contribution in [0.3, 0.4) is 0 Å². The monoisotopic (exact) mass is 524 g/mol. The number of aliphatic imine (C=N–C) groups is 1. The van der Waals surface area contributed by atoms with Crippen molar-refractivity contribution < 1.29 is 9.47 Å². The summed E-state index contributed by atoms with van der Waals surface area (Å²) in [4.78, 5) is 7.49. The van der Waals surface area contributed by atoms with Gasteiger partial charge in [0.2, 0.25) is 0 Å². The van der Waals surface area contributed by atoms with Gasteiger partial charge >= 0.3 is 0 Å². The summed E-state index contributed by atoms with van der Waals surface area (Å²) in [5, 5.41) is 6.94. The van der Waals surface area contributed by atoms with Crippen LogP contribution in [0.25, 0.3) is 0 Å². The first-order valence-electron chi connectivity index (χ1n) is 11.5. The van der Waals surface area contributed by atoms with E-state index in [0.29, 0.717) is 11.3 Å². The highest BCUT2D eigenvalue weighted by Crippen LogP contribution is 2.41. The average Bonchev–Trinajstić information content (AvgIpc) is 3.13. The van der Waals surface area contributed by atoms with Gasteiger partial charge in [0.15, 0.2) is 5.96 Å². The summed E-state index contributed by atoms with van der Waals surface area (Å²) in [5.41, 5.74) is 0.326. The molecule has 1 aliphatic carbocycles. The van der Waals surface area contributed by atoms with Gasteiger partial charge in [0, 0.05) is 52.5 Å². The first-order valence-corrected chi connectivity index (χ1v) is 11.5. The molecule has 1 atom stereocenters. The van der Waals surface area contributed by atoms with Gasteiger partial charge in [-0.2, -0.15) is 0 Å². The van der Waals surface area contributed by atoms with Gasteiger partial charge in [-0.1, -0.05) is 26.7 Å². The van der Waals surface area contributed by atoms with Crippen LogP contribution in [0, 0.1) is 11.3 Å². The van der Waals surface area contributed by atoms with Gasteiger partial charge in [-0.3, -0.25) is 9.89 Å². The predicted octanol–water partition coefficient (Wildman–Crippen LogP) is 3.50. The molecule has 0 spiro atoms. The lowest BCUT2D eigenvalue weighted by Crippen LogP contribution is -2.50. The van der Waals surface area contributed by atoms with Crippen LogP contribution >= 0.6 is 24.0 Å². The van der Waals surface area contributed by atoms with Crippen molar-refractivity contribution in [1.82, 2.24) is 15.5 Å². The number of rotatable bonds is 11. The van der Waals surface area contributed by atoms with Gasteiger partial charge in [-0.25, -0.2) is 0 Å². The van der Waals surface area contributed by atoms with Crippen molar-refractivity contribution in [2.24, 2.45) is 16.3 Å². The molecule has 1 unspecified atom stereocenters. The van der Waals surface area contributed by atoms with Crippen LogP contribution in [0.4, 0.5) is 0 Å². The lowest BCUT2D eigenvalue weighted by molar-refractivity contribution is -0.0284. The van der Waals surface area contributed by atoms with Crippen molar-refractivity contribution in [2.45, 2.75) is 65.9 Å². The Labute approximate surface area is 196 Å². The van der Waals surface area contributed by atoms with Gasteiger partial charge < -0.3 is 20.1 Å². The van der Waals surface area contributed by atoms with Gasteiger partial charge in [0.05, 0.1) is 12.7 Å². The molecule has 6 nitrogen and oxygen atoms in total. The SMILES string of the molecule is CCNC(=NCC1(CCOCC)CCCC1)NCC1CN(CC(C)C)CCO1.I. The summed E-state index contributed by atoms with van der Waals surface area (Å²) in [6.07, 6.45) is 6.56. The third kappa shape index (κ3) is 10.2. The quantitative estimate of drug-likeness (QED) is 0.188. The maximum absolute atomic E-state index is 5.98. The molecule has 2 aliphatic rings. The third-order valence-electron chi connectivity index (χ3n) is 5.91. The van der Waals surface area contributed by atoms with Crippen LogP contribution in [0.1, 0.15) is 59.8 Å². The molecule has 0 radical (unpaired) electrons. The first-order chi connectivity index (χ1) is 13.6. The van der Waals surface area contributed by atoms with E-state index in [1.807, 2.05) is 0 Å². The molecular formula is C22H45IN4O2. The Kier molecular flexibility index (Phi) is 13.7. The summed E-state index contributed by atoms with van der Waals surface area (Å²) in [6, 6.07) is 0. The minimum atomic E-state index is 0. The van der Waals surface area contributed by atoms with Crippen LogP contribution in [0.2, 0.25) is 0 Å². The van der Waals surface area contributed by atoms with Crippen molar-refractivity contribution in [2.75, 3.05) is 59.1 Å². The van der Waals surface area contributed by atoms with Crippen molar-refractivity contribution in [3.8, 4) is 0 Å². The van der Waals surface area contributed by atoms with E-state index < -0.39 is 0 Å². The van der Waals surface area contributed by atoms with Crippen molar-refractivity contribution in [1.29, 1.82) is 0 Å². The minimum absolute atomic E-state index is 0. The van der Waals surface area contributed by atoms with E-state index in [1.54, 1.807) is 0 Å². The molecule has 0 aromatic carbocycles. The lowest BCUT2D eigenvalue weighted by Gasteiger charge is -2.34. The van der Waals surface area contributed by atoms with Crippen LogP contribution < -0.4 is 10.6 Å². The van der Waals surface area contributed by atoms with Crippen LogP contribution in [-0.4, -0.2) is 76.1 Å². The summed E-state index contributed by atoms with van der Waals surface area (Å²) in [7, 11) is 0. The summed E-state index contributed by atoms with van der Waals surface area (Å²) < 4.78 is 11.6.